The number of para-hydroxylation sites is 1. The van der Waals surface area contributed by atoms with E-state index in [0.29, 0.717) is 27.1 Å². The summed E-state index contributed by atoms with van der Waals surface area (Å²) in [7, 11) is -1.63. The molecule has 0 aromatic heterocycles. The molecule has 0 radical (unpaired) electrons. The van der Waals surface area contributed by atoms with Crippen LogP contribution in [0, 0.1) is 5.92 Å². The highest BCUT2D eigenvalue weighted by Gasteiger charge is 2.33. The van der Waals surface area contributed by atoms with Gasteiger partial charge in [-0.2, -0.15) is 0 Å². The maximum absolute atomic E-state index is 13.4. The van der Waals surface area contributed by atoms with Gasteiger partial charge in [0.15, 0.2) is 0 Å². The van der Waals surface area contributed by atoms with E-state index in [0.717, 1.165) is 43.7 Å². The molecule has 2 aromatic carbocycles. The van der Waals surface area contributed by atoms with Gasteiger partial charge in [-0.1, -0.05) is 48.6 Å². The van der Waals surface area contributed by atoms with Gasteiger partial charge < -0.3 is 15.0 Å². The van der Waals surface area contributed by atoms with Gasteiger partial charge in [0.05, 0.1) is 21.2 Å². The van der Waals surface area contributed by atoms with Crippen molar-refractivity contribution in [3.05, 3.63) is 84.1 Å². The van der Waals surface area contributed by atoms with Gasteiger partial charge in [-0.05, 0) is 75.8 Å². The Kier molecular flexibility index (Phi) is 8.06. The Hall–Kier alpha value is -2.83. The smallest absolute Gasteiger partial charge is 0.210 e. The SMILES string of the molecule is C=C(NC(C)/C=C\C(C)=C/C)C(CC1CCOCC1)c1ccc2c(c1)N(C)c1ccccc1S2(=O)=O. The Labute approximate surface area is 216 Å². The molecule has 1 N–H and O–H groups in total. The van der Waals surface area contributed by atoms with Gasteiger partial charge in [0.1, 0.15) is 0 Å². The lowest BCUT2D eigenvalue weighted by atomic mass is 9.83. The zero-order valence-corrected chi connectivity index (χ0v) is 22.6. The number of rotatable bonds is 8. The number of fused-ring (bicyclic) bond motifs is 2. The van der Waals surface area contributed by atoms with Gasteiger partial charge in [-0.3, -0.25) is 0 Å². The normalized spacial score (nSPS) is 19.4. The number of nitrogens with one attached hydrogen (secondary N) is 1. The highest BCUT2D eigenvalue weighted by atomic mass is 32.2. The van der Waals surface area contributed by atoms with Crippen molar-refractivity contribution >= 4 is 21.2 Å². The van der Waals surface area contributed by atoms with Crippen molar-refractivity contribution in [2.75, 3.05) is 25.2 Å². The van der Waals surface area contributed by atoms with E-state index in [4.69, 9.17) is 4.74 Å². The van der Waals surface area contributed by atoms with Crippen molar-refractivity contribution in [3.63, 3.8) is 0 Å². The number of benzene rings is 2. The molecule has 192 valence electrons. The molecule has 5 nitrogen and oxygen atoms in total. The topological polar surface area (TPSA) is 58.6 Å². The third kappa shape index (κ3) is 5.45. The fourth-order valence-corrected chi connectivity index (χ4v) is 6.77. The first-order valence-electron chi connectivity index (χ1n) is 12.8. The molecular weight excluding hydrogens is 468 g/mol. The summed E-state index contributed by atoms with van der Waals surface area (Å²) in [5.74, 6) is 0.599. The van der Waals surface area contributed by atoms with Crippen LogP contribution in [0.25, 0.3) is 0 Å². The summed E-state index contributed by atoms with van der Waals surface area (Å²) < 4.78 is 32.4. The standard InChI is InChI=1S/C30H38N2O3S/c1-6-21(2)11-12-22(3)31-23(4)26(19-24-15-17-35-18-16-24)25-13-14-30-28(20-25)32(5)27-9-7-8-10-29(27)36(30,33)34/h6-14,20,22,24,26,31H,4,15-19H2,1-3,5H3/b12-11-,21-6-. The molecule has 0 aliphatic carbocycles. The number of nitrogens with zero attached hydrogens (tertiary/aromatic N) is 1. The second-order valence-corrected chi connectivity index (χ2v) is 11.8. The van der Waals surface area contributed by atoms with Crippen molar-refractivity contribution in [1.29, 1.82) is 0 Å². The molecule has 0 bridgehead atoms. The summed E-state index contributed by atoms with van der Waals surface area (Å²) in [6.45, 7) is 12.3. The lowest BCUT2D eigenvalue weighted by molar-refractivity contribution is 0.0624. The van der Waals surface area contributed by atoms with Gasteiger partial charge in [0, 0.05) is 37.9 Å². The minimum Gasteiger partial charge on any atom is -0.382 e. The number of hydrogen-bond donors (Lipinski definition) is 1. The second kappa shape index (κ2) is 11.1. The van der Waals surface area contributed by atoms with E-state index in [9.17, 15) is 8.42 Å². The van der Waals surface area contributed by atoms with Crippen LogP contribution < -0.4 is 10.2 Å². The van der Waals surface area contributed by atoms with Crippen molar-refractivity contribution in [2.45, 2.75) is 61.8 Å². The van der Waals surface area contributed by atoms with E-state index < -0.39 is 9.84 Å². The highest BCUT2D eigenvalue weighted by molar-refractivity contribution is 7.92. The molecule has 0 amide bonds. The monoisotopic (exact) mass is 506 g/mol. The Balaban J connectivity index is 1.68. The molecule has 2 aliphatic rings. The second-order valence-electron chi connectivity index (χ2n) is 9.95. The van der Waals surface area contributed by atoms with Crippen LogP contribution in [0.3, 0.4) is 0 Å². The molecule has 6 heteroatoms. The third-order valence-electron chi connectivity index (χ3n) is 7.40. The maximum atomic E-state index is 13.4. The van der Waals surface area contributed by atoms with Crippen molar-refractivity contribution < 1.29 is 13.2 Å². The molecule has 1 fully saturated rings. The lowest BCUT2D eigenvalue weighted by Gasteiger charge is -2.33. The van der Waals surface area contributed by atoms with Crippen LogP contribution in [0.4, 0.5) is 11.4 Å². The quantitative estimate of drug-likeness (QED) is 0.413. The first-order chi connectivity index (χ1) is 17.2. The Morgan fingerprint density at radius 3 is 2.58 bits per heavy atom. The van der Waals surface area contributed by atoms with Crippen LogP contribution in [-0.2, 0) is 14.6 Å². The molecule has 0 saturated carbocycles. The molecule has 2 aliphatic heterocycles. The first-order valence-corrected chi connectivity index (χ1v) is 14.3. The average molecular weight is 507 g/mol. The van der Waals surface area contributed by atoms with E-state index in [-0.39, 0.29) is 12.0 Å². The van der Waals surface area contributed by atoms with Gasteiger partial charge in [-0.25, -0.2) is 8.42 Å². The van der Waals surface area contributed by atoms with Crippen LogP contribution in [0.5, 0.6) is 0 Å². The summed E-state index contributed by atoms with van der Waals surface area (Å²) in [4.78, 5) is 2.70. The van der Waals surface area contributed by atoms with Crippen LogP contribution in [0.1, 0.15) is 51.5 Å². The summed E-state index contributed by atoms with van der Waals surface area (Å²) in [6.07, 6.45) is 9.37. The number of anilines is 2. The number of hydrogen-bond acceptors (Lipinski definition) is 5. The van der Waals surface area contributed by atoms with E-state index in [1.165, 1.54) is 5.57 Å². The van der Waals surface area contributed by atoms with E-state index >= 15 is 0 Å². The molecule has 2 aromatic rings. The predicted molar refractivity (Wildman–Crippen MR) is 148 cm³/mol. The molecule has 36 heavy (non-hydrogen) atoms. The maximum Gasteiger partial charge on any atom is 0.210 e. The molecule has 2 atom stereocenters. The van der Waals surface area contributed by atoms with Gasteiger partial charge in [0.25, 0.3) is 0 Å². The van der Waals surface area contributed by atoms with E-state index in [1.807, 2.05) is 43.1 Å². The number of sulfone groups is 1. The van der Waals surface area contributed by atoms with Crippen LogP contribution in [0.15, 0.2) is 88.3 Å². The minimum atomic E-state index is -3.57. The number of ether oxygens (including phenoxy) is 1. The zero-order valence-electron chi connectivity index (χ0n) is 21.8. The summed E-state index contributed by atoms with van der Waals surface area (Å²) in [6, 6.07) is 13.1. The molecule has 2 unspecified atom stereocenters. The molecule has 2 heterocycles. The highest BCUT2D eigenvalue weighted by Crippen LogP contribution is 2.45. The fourth-order valence-electron chi connectivity index (χ4n) is 5.08. The number of allylic oxidation sites excluding steroid dienone is 4. The van der Waals surface area contributed by atoms with Crippen LogP contribution in [-0.4, -0.2) is 34.7 Å². The minimum absolute atomic E-state index is 0.0605. The molecule has 1 saturated heterocycles. The average Bonchev–Trinajstić information content (AvgIpc) is 2.89. The van der Waals surface area contributed by atoms with Crippen molar-refractivity contribution in [2.24, 2.45) is 5.92 Å². The first kappa shape index (κ1) is 26.2. The van der Waals surface area contributed by atoms with Gasteiger partial charge >= 0.3 is 0 Å². The third-order valence-corrected chi connectivity index (χ3v) is 9.25. The summed E-state index contributed by atoms with van der Waals surface area (Å²) in [5, 5.41) is 3.60. The van der Waals surface area contributed by atoms with Crippen molar-refractivity contribution in [1.82, 2.24) is 5.32 Å². The Morgan fingerprint density at radius 2 is 1.86 bits per heavy atom. The van der Waals surface area contributed by atoms with Crippen LogP contribution >= 0.6 is 0 Å². The Bertz CT molecular complexity index is 1270. The largest absolute Gasteiger partial charge is 0.382 e. The van der Waals surface area contributed by atoms with Crippen molar-refractivity contribution in [3.8, 4) is 0 Å². The van der Waals surface area contributed by atoms with E-state index in [1.54, 1.807) is 18.2 Å². The fraction of sp³-hybridized carbons (Fsp3) is 0.400. The molecular formula is C30H38N2O3S. The molecule has 0 spiro atoms. The van der Waals surface area contributed by atoms with Gasteiger partial charge in [-0.15, -0.1) is 0 Å². The summed E-state index contributed by atoms with van der Waals surface area (Å²) in [5.41, 5.74) is 4.68. The van der Waals surface area contributed by atoms with E-state index in [2.05, 4.69) is 44.0 Å². The Morgan fingerprint density at radius 1 is 1.17 bits per heavy atom. The van der Waals surface area contributed by atoms with Crippen LogP contribution in [0.2, 0.25) is 0 Å². The van der Waals surface area contributed by atoms with Gasteiger partial charge in [0.2, 0.25) is 9.84 Å². The summed E-state index contributed by atoms with van der Waals surface area (Å²) >= 11 is 0. The predicted octanol–water partition coefficient (Wildman–Crippen LogP) is 6.52. The zero-order chi connectivity index (χ0) is 25.9. The lowest BCUT2D eigenvalue weighted by Crippen LogP contribution is -2.29. The molecule has 4 rings (SSSR count).